The molecular weight excluding hydrogens is 264 g/mol. The summed E-state index contributed by atoms with van der Waals surface area (Å²) in [4.78, 5) is 2.32. The van der Waals surface area contributed by atoms with Crippen LogP contribution in [-0.4, -0.2) is 44.0 Å². The Balaban J connectivity index is 1.91. The highest BCUT2D eigenvalue weighted by Gasteiger charge is 2.34. The maximum atomic E-state index is 12.0. The van der Waals surface area contributed by atoms with Gasteiger partial charge in [-0.2, -0.15) is 8.42 Å². The lowest BCUT2D eigenvalue weighted by atomic mass is 10.1. The number of hydrogen-bond acceptors (Lipinski definition) is 4. The Hall–Kier alpha value is -1.40. The Morgan fingerprint density at radius 2 is 2.16 bits per heavy atom. The molecule has 102 valence electrons. The van der Waals surface area contributed by atoms with E-state index < -0.39 is 10.0 Å². The average molecular weight is 280 g/mol. The van der Waals surface area contributed by atoms with Crippen molar-refractivity contribution in [3.63, 3.8) is 0 Å². The molecule has 2 aliphatic rings. The van der Waals surface area contributed by atoms with Gasteiger partial charge in [-0.3, -0.25) is 0 Å². The van der Waals surface area contributed by atoms with Crippen molar-refractivity contribution in [3.8, 4) is 0 Å². The van der Waals surface area contributed by atoms with E-state index in [1.807, 2.05) is 11.0 Å². The van der Waals surface area contributed by atoms with Gasteiger partial charge in [-0.05, 0) is 30.9 Å². The van der Waals surface area contributed by atoms with E-state index >= 15 is 0 Å². The highest BCUT2D eigenvalue weighted by molar-refractivity contribution is 7.90. The quantitative estimate of drug-likeness (QED) is 0.871. The summed E-state index contributed by atoms with van der Waals surface area (Å²) >= 11 is 0. The molecule has 2 heterocycles. The summed E-state index contributed by atoms with van der Waals surface area (Å²) in [7, 11) is -3.53. The fourth-order valence-electron chi connectivity index (χ4n) is 2.76. The Morgan fingerprint density at radius 1 is 1.37 bits per heavy atom. The van der Waals surface area contributed by atoms with E-state index in [2.05, 4.69) is 4.40 Å². The van der Waals surface area contributed by atoms with Crippen LogP contribution in [0.25, 0.3) is 0 Å². The van der Waals surface area contributed by atoms with Crippen molar-refractivity contribution in [2.45, 2.75) is 17.7 Å². The topological polar surface area (TPSA) is 70.0 Å². The third-order valence-electron chi connectivity index (χ3n) is 3.74. The Morgan fingerprint density at radius 3 is 2.95 bits per heavy atom. The lowest BCUT2D eigenvalue weighted by Gasteiger charge is -2.18. The number of amidine groups is 1. The van der Waals surface area contributed by atoms with Gasteiger partial charge in [-0.25, -0.2) is 0 Å². The molecule has 0 aromatic heterocycles. The monoisotopic (exact) mass is 280 g/mol. The summed E-state index contributed by atoms with van der Waals surface area (Å²) in [5, 5.41) is 8.97. The molecule has 0 amide bonds. The number of hydrogen-bond donors (Lipinski definition) is 1. The molecule has 1 N–H and O–H groups in total. The Labute approximate surface area is 112 Å². The molecule has 19 heavy (non-hydrogen) atoms. The molecule has 1 unspecified atom stereocenters. The van der Waals surface area contributed by atoms with Crippen LogP contribution in [0, 0.1) is 5.92 Å². The van der Waals surface area contributed by atoms with Crippen molar-refractivity contribution in [2.75, 3.05) is 19.7 Å². The normalized spacial score (nSPS) is 24.4. The van der Waals surface area contributed by atoms with Crippen LogP contribution in [0.3, 0.4) is 0 Å². The lowest BCUT2D eigenvalue weighted by molar-refractivity contribution is 0.259. The van der Waals surface area contributed by atoms with E-state index in [4.69, 9.17) is 5.11 Å². The predicted molar refractivity (Wildman–Crippen MR) is 71.5 cm³/mol. The molecule has 5 nitrogen and oxygen atoms in total. The molecule has 6 heteroatoms. The number of rotatable bonds is 2. The van der Waals surface area contributed by atoms with Crippen molar-refractivity contribution in [3.05, 3.63) is 29.8 Å². The summed E-state index contributed by atoms with van der Waals surface area (Å²) in [6.45, 7) is 1.75. The second-order valence-corrected chi connectivity index (χ2v) is 6.57. The molecule has 0 spiro atoms. The molecule has 1 saturated heterocycles. The maximum absolute atomic E-state index is 12.0. The zero-order chi connectivity index (χ0) is 13.5. The summed E-state index contributed by atoms with van der Waals surface area (Å²) in [6.07, 6.45) is 1.74. The highest BCUT2D eigenvalue weighted by atomic mass is 32.2. The second kappa shape index (κ2) is 4.61. The van der Waals surface area contributed by atoms with Gasteiger partial charge in [0.15, 0.2) is 5.84 Å². The molecular formula is C13H16N2O3S. The van der Waals surface area contributed by atoms with E-state index in [0.717, 1.165) is 25.9 Å². The smallest absolute Gasteiger partial charge is 0.285 e. The first kappa shape index (κ1) is 12.6. The number of sulfonamides is 1. The number of fused-ring (bicyclic) bond motifs is 1. The van der Waals surface area contributed by atoms with Crippen molar-refractivity contribution < 1.29 is 13.5 Å². The van der Waals surface area contributed by atoms with E-state index in [9.17, 15) is 8.42 Å². The van der Waals surface area contributed by atoms with Crippen LogP contribution in [0.5, 0.6) is 0 Å². The van der Waals surface area contributed by atoms with E-state index in [0.29, 0.717) is 22.2 Å². The van der Waals surface area contributed by atoms with Gasteiger partial charge < -0.3 is 10.0 Å². The summed E-state index contributed by atoms with van der Waals surface area (Å²) in [5.41, 5.74) is 0.701. The summed E-state index contributed by atoms with van der Waals surface area (Å²) in [6, 6.07) is 6.95. The molecule has 0 radical (unpaired) electrons. The molecule has 1 fully saturated rings. The number of likely N-dealkylation sites (tertiary alicyclic amines) is 1. The van der Waals surface area contributed by atoms with Gasteiger partial charge in [0, 0.05) is 25.3 Å². The maximum Gasteiger partial charge on any atom is 0.285 e. The number of benzene rings is 1. The van der Waals surface area contributed by atoms with Crippen LogP contribution in [0.15, 0.2) is 33.6 Å². The first-order valence-corrected chi connectivity index (χ1v) is 7.86. The molecule has 1 aromatic rings. The van der Waals surface area contributed by atoms with Gasteiger partial charge >= 0.3 is 0 Å². The van der Waals surface area contributed by atoms with E-state index in [1.54, 1.807) is 18.2 Å². The molecule has 1 atom stereocenters. The largest absolute Gasteiger partial charge is 0.396 e. The standard InChI is InChI=1S/C13H16N2O3S/c16-8-6-10-5-7-15(9-10)13-11-3-1-2-4-12(11)19(17,18)14-13/h1-4,10,16H,5-9H2. The summed E-state index contributed by atoms with van der Waals surface area (Å²) < 4.78 is 27.9. The van der Waals surface area contributed by atoms with Crippen LogP contribution < -0.4 is 0 Å². The van der Waals surface area contributed by atoms with Gasteiger partial charge in [0.05, 0.1) is 0 Å². The Kier molecular flexibility index (Phi) is 3.06. The van der Waals surface area contributed by atoms with Crippen molar-refractivity contribution in [1.82, 2.24) is 4.90 Å². The van der Waals surface area contributed by atoms with E-state index in [-0.39, 0.29) is 6.61 Å². The molecule has 2 aliphatic heterocycles. The minimum absolute atomic E-state index is 0.180. The van der Waals surface area contributed by atoms with Crippen LogP contribution in [0.4, 0.5) is 0 Å². The third kappa shape index (κ3) is 2.15. The van der Waals surface area contributed by atoms with Crippen molar-refractivity contribution in [2.24, 2.45) is 10.3 Å². The van der Waals surface area contributed by atoms with E-state index in [1.165, 1.54) is 0 Å². The SMILES string of the molecule is O=S1(=O)N=C(N2CCC(CCO)C2)c2ccccc21. The molecule has 0 saturated carbocycles. The summed E-state index contributed by atoms with van der Waals surface area (Å²) in [5.74, 6) is 0.985. The van der Waals surface area contributed by atoms with Crippen LogP contribution in [0.1, 0.15) is 18.4 Å². The van der Waals surface area contributed by atoms with Gasteiger partial charge in [0.1, 0.15) is 4.90 Å². The van der Waals surface area contributed by atoms with Gasteiger partial charge in [0.25, 0.3) is 10.0 Å². The van der Waals surface area contributed by atoms with Gasteiger partial charge in [0.2, 0.25) is 0 Å². The predicted octanol–water partition coefficient (Wildman–Crippen LogP) is 0.840. The molecule has 0 bridgehead atoms. The average Bonchev–Trinajstić information content (AvgIpc) is 2.94. The zero-order valence-electron chi connectivity index (χ0n) is 10.5. The minimum Gasteiger partial charge on any atom is -0.396 e. The molecule has 1 aromatic carbocycles. The fraction of sp³-hybridized carbons (Fsp3) is 0.462. The van der Waals surface area contributed by atoms with Crippen LogP contribution in [0.2, 0.25) is 0 Å². The number of aliphatic hydroxyl groups excluding tert-OH is 1. The van der Waals surface area contributed by atoms with Crippen LogP contribution >= 0.6 is 0 Å². The number of nitrogens with zero attached hydrogens (tertiary/aromatic N) is 2. The van der Waals surface area contributed by atoms with Gasteiger partial charge in [-0.1, -0.05) is 12.1 Å². The lowest BCUT2D eigenvalue weighted by Crippen LogP contribution is -2.28. The Bertz CT molecular complexity index is 625. The molecule has 3 rings (SSSR count). The van der Waals surface area contributed by atoms with Crippen molar-refractivity contribution >= 4 is 15.9 Å². The first-order valence-electron chi connectivity index (χ1n) is 6.42. The third-order valence-corrected chi connectivity index (χ3v) is 5.06. The first-order chi connectivity index (χ1) is 9.12. The van der Waals surface area contributed by atoms with Crippen molar-refractivity contribution in [1.29, 1.82) is 0 Å². The highest BCUT2D eigenvalue weighted by Crippen LogP contribution is 2.30. The van der Waals surface area contributed by atoms with Gasteiger partial charge in [-0.15, -0.1) is 4.40 Å². The van der Waals surface area contributed by atoms with Crippen LogP contribution in [-0.2, 0) is 10.0 Å². The zero-order valence-corrected chi connectivity index (χ0v) is 11.3. The molecule has 0 aliphatic carbocycles. The minimum atomic E-state index is -3.53. The fourth-order valence-corrected chi connectivity index (χ4v) is 3.99. The number of aliphatic hydroxyl groups is 1. The second-order valence-electron chi connectivity index (χ2n) is 5.00.